The number of para-hydroxylation sites is 1. The standard InChI is InChI=1S/C21H18O/c1-2-8-16(9-3-1)14-15-21-19-11-5-4-10-17(19)18-12-6-7-13-20(18)22-21/h1-13,21H,14-15H2. The quantitative estimate of drug-likeness (QED) is 0.624. The molecule has 0 saturated heterocycles. The van der Waals surface area contributed by atoms with E-state index in [0.717, 1.165) is 18.6 Å². The molecule has 0 saturated carbocycles. The molecular weight excluding hydrogens is 268 g/mol. The van der Waals surface area contributed by atoms with E-state index in [1.807, 2.05) is 6.07 Å². The predicted molar refractivity (Wildman–Crippen MR) is 90.0 cm³/mol. The van der Waals surface area contributed by atoms with E-state index in [4.69, 9.17) is 4.74 Å². The average molecular weight is 286 g/mol. The van der Waals surface area contributed by atoms with Gasteiger partial charge >= 0.3 is 0 Å². The number of aryl methyl sites for hydroxylation is 1. The number of hydrogen-bond acceptors (Lipinski definition) is 1. The zero-order valence-corrected chi connectivity index (χ0v) is 12.4. The van der Waals surface area contributed by atoms with Gasteiger partial charge in [0.2, 0.25) is 0 Å². The summed E-state index contributed by atoms with van der Waals surface area (Å²) in [5, 5.41) is 0. The third kappa shape index (κ3) is 2.39. The number of ether oxygens (including phenoxy) is 1. The molecule has 1 nitrogen and oxygen atoms in total. The second-order valence-electron chi connectivity index (χ2n) is 5.71. The van der Waals surface area contributed by atoms with Crippen molar-refractivity contribution in [3.05, 3.63) is 90.0 Å². The summed E-state index contributed by atoms with van der Waals surface area (Å²) < 4.78 is 6.28. The molecule has 0 aromatic heterocycles. The molecule has 3 aromatic rings. The number of rotatable bonds is 3. The molecule has 3 aromatic carbocycles. The minimum absolute atomic E-state index is 0.131. The molecule has 0 radical (unpaired) electrons. The van der Waals surface area contributed by atoms with Crippen LogP contribution in [0.15, 0.2) is 78.9 Å². The summed E-state index contributed by atoms with van der Waals surface area (Å²) in [6.07, 6.45) is 2.16. The van der Waals surface area contributed by atoms with Crippen LogP contribution in [0.4, 0.5) is 0 Å². The molecule has 4 rings (SSSR count). The van der Waals surface area contributed by atoms with Gasteiger partial charge in [0.25, 0.3) is 0 Å². The lowest BCUT2D eigenvalue weighted by Crippen LogP contribution is -2.14. The monoisotopic (exact) mass is 286 g/mol. The maximum absolute atomic E-state index is 6.28. The Morgan fingerprint density at radius 1 is 0.682 bits per heavy atom. The van der Waals surface area contributed by atoms with Crippen LogP contribution < -0.4 is 4.74 Å². The molecule has 0 bridgehead atoms. The van der Waals surface area contributed by atoms with Crippen molar-refractivity contribution in [1.82, 2.24) is 0 Å². The fourth-order valence-electron chi connectivity index (χ4n) is 3.19. The van der Waals surface area contributed by atoms with Crippen LogP contribution in [0.25, 0.3) is 11.1 Å². The molecule has 1 atom stereocenters. The van der Waals surface area contributed by atoms with E-state index < -0.39 is 0 Å². The van der Waals surface area contributed by atoms with Gasteiger partial charge in [-0.15, -0.1) is 0 Å². The first-order valence-corrected chi connectivity index (χ1v) is 7.81. The lowest BCUT2D eigenvalue weighted by atomic mass is 9.90. The van der Waals surface area contributed by atoms with Gasteiger partial charge < -0.3 is 4.74 Å². The summed E-state index contributed by atoms with van der Waals surface area (Å²) in [6.45, 7) is 0. The Morgan fingerprint density at radius 3 is 2.23 bits per heavy atom. The van der Waals surface area contributed by atoms with Gasteiger partial charge in [-0.25, -0.2) is 0 Å². The number of benzene rings is 3. The molecule has 1 heterocycles. The molecule has 1 heteroatoms. The highest BCUT2D eigenvalue weighted by molar-refractivity contribution is 5.75. The molecule has 108 valence electrons. The fraction of sp³-hybridized carbons (Fsp3) is 0.143. The molecular formula is C21H18O. The lowest BCUT2D eigenvalue weighted by Gasteiger charge is -2.29. The summed E-state index contributed by atoms with van der Waals surface area (Å²) in [7, 11) is 0. The molecule has 1 aliphatic heterocycles. The summed E-state index contributed by atoms with van der Waals surface area (Å²) in [5.74, 6) is 0.999. The first-order chi connectivity index (χ1) is 10.9. The van der Waals surface area contributed by atoms with Crippen molar-refractivity contribution in [2.45, 2.75) is 18.9 Å². The van der Waals surface area contributed by atoms with Crippen LogP contribution in [0.1, 0.15) is 23.7 Å². The minimum atomic E-state index is 0.131. The summed E-state index contributed by atoms with van der Waals surface area (Å²) in [5.41, 5.74) is 5.18. The first-order valence-electron chi connectivity index (χ1n) is 7.81. The van der Waals surface area contributed by atoms with Gasteiger partial charge in [-0.2, -0.15) is 0 Å². The maximum atomic E-state index is 6.28. The second kappa shape index (κ2) is 5.69. The van der Waals surface area contributed by atoms with E-state index in [9.17, 15) is 0 Å². The Bertz CT molecular complexity index is 777. The lowest BCUT2D eigenvalue weighted by molar-refractivity contribution is 0.192. The molecule has 1 unspecified atom stereocenters. The third-order valence-corrected chi connectivity index (χ3v) is 4.29. The van der Waals surface area contributed by atoms with Crippen LogP contribution in [0, 0.1) is 0 Å². The normalized spacial score (nSPS) is 15.5. The third-order valence-electron chi connectivity index (χ3n) is 4.29. The molecule has 0 N–H and O–H groups in total. The van der Waals surface area contributed by atoms with E-state index in [2.05, 4.69) is 72.8 Å². The Balaban J connectivity index is 1.65. The summed E-state index contributed by atoms with van der Waals surface area (Å²) >= 11 is 0. The Kier molecular flexibility index (Phi) is 3.40. The molecule has 0 amide bonds. The average Bonchev–Trinajstić information content (AvgIpc) is 2.60. The van der Waals surface area contributed by atoms with Crippen LogP contribution in [-0.2, 0) is 6.42 Å². The van der Waals surface area contributed by atoms with Gasteiger partial charge in [-0.3, -0.25) is 0 Å². The van der Waals surface area contributed by atoms with Crippen LogP contribution in [0.2, 0.25) is 0 Å². The van der Waals surface area contributed by atoms with Crippen molar-refractivity contribution in [3.8, 4) is 16.9 Å². The molecule has 0 spiro atoms. The molecule has 22 heavy (non-hydrogen) atoms. The van der Waals surface area contributed by atoms with Gasteiger partial charge in [-0.05, 0) is 30.0 Å². The largest absolute Gasteiger partial charge is 0.485 e. The molecule has 0 aliphatic carbocycles. The Hall–Kier alpha value is -2.54. The topological polar surface area (TPSA) is 9.23 Å². The van der Waals surface area contributed by atoms with E-state index in [1.54, 1.807) is 0 Å². The van der Waals surface area contributed by atoms with Crippen LogP contribution in [-0.4, -0.2) is 0 Å². The highest BCUT2D eigenvalue weighted by Crippen LogP contribution is 2.43. The van der Waals surface area contributed by atoms with Gasteiger partial charge in [0.05, 0.1) is 0 Å². The van der Waals surface area contributed by atoms with Crippen LogP contribution in [0.5, 0.6) is 5.75 Å². The fourth-order valence-corrected chi connectivity index (χ4v) is 3.19. The molecule has 0 fully saturated rings. The van der Waals surface area contributed by atoms with Crippen molar-refractivity contribution in [2.24, 2.45) is 0 Å². The summed E-state index contributed by atoms with van der Waals surface area (Å²) in [6, 6.07) is 27.6. The highest BCUT2D eigenvalue weighted by atomic mass is 16.5. The van der Waals surface area contributed by atoms with Gasteiger partial charge in [0, 0.05) is 11.1 Å². The first kappa shape index (κ1) is 13.1. The van der Waals surface area contributed by atoms with Crippen LogP contribution in [0.3, 0.4) is 0 Å². The maximum Gasteiger partial charge on any atom is 0.128 e. The van der Waals surface area contributed by atoms with Crippen LogP contribution >= 0.6 is 0 Å². The van der Waals surface area contributed by atoms with Crippen molar-refractivity contribution < 1.29 is 4.74 Å². The van der Waals surface area contributed by atoms with Crippen molar-refractivity contribution >= 4 is 0 Å². The summed E-state index contributed by atoms with van der Waals surface area (Å²) in [4.78, 5) is 0. The zero-order valence-electron chi connectivity index (χ0n) is 12.4. The zero-order chi connectivity index (χ0) is 14.8. The SMILES string of the molecule is c1ccc(CCC2Oc3ccccc3-c3ccccc32)cc1. The number of fused-ring (bicyclic) bond motifs is 3. The Labute approximate surface area is 131 Å². The Morgan fingerprint density at radius 2 is 1.36 bits per heavy atom. The van der Waals surface area contributed by atoms with Crippen molar-refractivity contribution in [2.75, 3.05) is 0 Å². The van der Waals surface area contributed by atoms with E-state index in [1.165, 1.54) is 22.3 Å². The predicted octanol–water partition coefficient (Wildman–Crippen LogP) is 5.42. The smallest absolute Gasteiger partial charge is 0.128 e. The number of hydrogen-bond donors (Lipinski definition) is 0. The van der Waals surface area contributed by atoms with E-state index in [-0.39, 0.29) is 6.10 Å². The molecule has 1 aliphatic rings. The van der Waals surface area contributed by atoms with Crippen molar-refractivity contribution in [1.29, 1.82) is 0 Å². The second-order valence-corrected chi connectivity index (χ2v) is 5.71. The van der Waals surface area contributed by atoms with E-state index in [0.29, 0.717) is 0 Å². The van der Waals surface area contributed by atoms with Gasteiger partial charge in [0.15, 0.2) is 0 Å². The van der Waals surface area contributed by atoms with Crippen molar-refractivity contribution in [3.63, 3.8) is 0 Å². The highest BCUT2D eigenvalue weighted by Gasteiger charge is 2.24. The minimum Gasteiger partial charge on any atom is -0.485 e. The van der Waals surface area contributed by atoms with Gasteiger partial charge in [-0.1, -0.05) is 72.8 Å². The van der Waals surface area contributed by atoms with E-state index >= 15 is 0 Å². The van der Waals surface area contributed by atoms with Gasteiger partial charge in [0.1, 0.15) is 11.9 Å².